The zero-order valence-electron chi connectivity index (χ0n) is 16.2. The number of nitrogens with zero attached hydrogens (tertiary/aromatic N) is 1. The first-order chi connectivity index (χ1) is 14.2. The largest absolute Gasteiger partial charge is 0.416 e. The highest BCUT2D eigenvalue weighted by Gasteiger charge is 2.35. The number of anilines is 1. The quantitative estimate of drug-likeness (QED) is 0.626. The summed E-state index contributed by atoms with van der Waals surface area (Å²) in [6.07, 6.45) is -0.195. The number of nitrogens with one attached hydrogen (secondary N) is 2. The number of carbonyl (C=O) groups is 1. The number of carbonyl (C=O) groups excluding carboxylic acids is 1. The van der Waals surface area contributed by atoms with Gasteiger partial charge in [-0.1, -0.05) is 36.9 Å². The van der Waals surface area contributed by atoms with E-state index >= 15 is 0 Å². The van der Waals surface area contributed by atoms with Crippen LogP contribution in [0.2, 0.25) is 5.02 Å². The second-order valence-corrected chi connectivity index (χ2v) is 7.94. The third kappa shape index (κ3) is 5.25. The van der Waals surface area contributed by atoms with Gasteiger partial charge in [-0.3, -0.25) is 4.79 Å². The van der Waals surface area contributed by atoms with E-state index < -0.39 is 23.2 Å². The zero-order valence-corrected chi connectivity index (χ0v) is 16.9. The fraction of sp³-hybridized carbons (Fsp3) is 0.364. The molecular weight excluding hydrogens is 415 g/mol. The van der Waals surface area contributed by atoms with Gasteiger partial charge in [0.15, 0.2) is 0 Å². The molecule has 2 aromatic carbocycles. The maximum absolute atomic E-state index is 13.0. The fourth-order valence-electron chi connectivity index (χ4n) is 3.71. The second kappa shape index (κ2) is 8.97. The number of rotatable bonds is 5. The van der Waals surface area contributed by atoms with Gasteiger partial charge in [0.1, 0.15) is 6.07 Å². The molecule has 3 rings (SSSR count). The summed E-state index contributed by atoms with van der Waals surface area (Å²) in [6.45, 7) is 0.403. The molecule has 1 aliphatic carbocycles. The monoisotopic (exact) mass is 435 g/mol. The van der Waals surface area contributed by atoms with E-state index in [4.69, 9.17) is 16.9 Å². The number of benzene rings is 2. The van der Waals surface area contributed by atoms with Crippen LogP contribution in [0.3, 0.4) is 0 Å². The van der Waals surface area contributed by atoms with Crippen molar-refractivity contribution in [3.63, 3.8) is 0 Å². The SMILES string of the molecule is N#Cc1ccc(NCC2(NC(=O)c3cccc(C(F)(F)F)c3)CCCCC2)cc1Cl. The van der Waals surface area contributed by atoms with Crippen molar-refractivity contribution in [2.75, 3.05) is 11.9 Å². The number of hydrogen-bond acceptors (Lipinski definition) is 3. The summed E-state index contributed by atoms with van der Waals surface area (Å²) in [5.74, 6) is -0.525. The van der Waals surface area contributed by atoms with Crippen LogP contribution in [0.1, 0.15) is 53.6 Å². The van der Waals surface area contributed by atoms with E-state index in [0.29, 0.717) is 35.7 Å². The lowest BCUT2D eigenvalue weighted by molar-refractivity contribution is -0.137. The second-order valence-electron chi connectivity index (χ2n) is 7.53. The molecule has 1 aliphatic rings. The molecule has 0 aliphatic heterocycles. The average molecular weight is 436 g/mol. The predicted octanol–water partition coefficient (Wildman–Crippen LogP) is 5.78. The Kier molecular flexibility index (Phi) is 6.57. The van der Waals surface area contributed by atoms with Crippen molar-refractivity contribution in [1.29, 1.82) is 5.26 Å². The molecule has 0 radical (unpaired) electrons. The van der Waals surface area contributed by atoms with Crippen molar-refractivity contribution in [3.05, 3.63) is 64.2 Å². The Morgan fingerprint density at radius 3 is 2.50 bits per heavy atom. The van der Waals surface area contributed by atoms with Gasteiger partial charge in [-0.05, 0) is 49.2 Å². The summed E-state index contributed by atoms with van der Waals surface area (Å²) in [5.41, 5.74) is -0.372. The van der Waals surface area contributed by atoms with Crippen molar-refractivity contribution in [2.24, 2.45) is 0 Å². The molecular formula is C22H21ClF3N3O. The van der Waals surface area contributed by atoms with E-state index in [0.717, 1.165) is 31.4 Å². The van der Waals surface area contributed by atoms with Gasteiger partial charge in [0.2, 0.25) is 0 Å². The zero-order chi connectivity index (χ0) is 21.8. The summed E-state index contributed by atoms with van der Waals surface area (Å²) in [5, 5.41) is 15.5. The highest BCUT2D eigenvalue weighted by atomic mass is 35.5. The normalized spacial score (nSPS) is 15.8. The number of amides is 1. The highest BCUT2D eigenvalue weighted by Crippen LogP contribution is 2.32. The molecule has 0 unspecified atom stereocenters. The predicted molar refractivity (Wildman–Crippen MR) is 109 cm³/mol. The first-order valence-electron chi connectivity index (χ1n) is 9.66. The number of halogens is 4. The molecule has 0 atom stereocenters. The van der Waals surface area contributed by atoms with Gasteiger partial charge in [-0.25, -0.2) is 0 Å². The maximum atomic E-state index is 13.0. The summed E-state index contributed by atoms with van der Waals surface area (Å²) in [6, 6.07) is 11.4. The number of nitriles is 1. The molecule has 0 bridgehead atoms. The van der Waals surface area contributed by atoms with Crippen LogP contribution in [-0.2, 0) is 6.18 Å². The molecule has 158 valence electrons. The van der Waals surface area contributed by atoms with E-state index in [2.05, 4.69) is 10.6 Å². The van der Waals surface area contributed by atoms with Crippen molar-refractivity contribution < 1.29 is 18.0 Å². The molecule has 1 saturated carbocycles. The smallest absolute Gasteiger partial charge is 0.383 e. The van der Waals surface area contributed by atoms with Gasteiger partial charge < -0.3 is 10.6 Å². The van der Waals surface area contributed by atoms with Gasteiger partial charge in [-0.2, -0.15) is 18.4 Å². The van der Waals surface area contributed by atoms with Crippen LogP contribution in [0, 0.1) is 11.3 Å². The van der Waals surface area contributed by atoms with Gasteiger partial charge in [0, 0.05) is 17.8 Å². The summed E-state index contributed by atoms with van der Waals surface area (Å²) in [7, 11) is 0. The van der Waals surface area contributed by atoms with E-state index in [9.17, 15) is 18.0 Å². The minimum absolute atomic E-state index is 0.0174. The molecule has 1 fully saturated rings. The molecule has 4 nitrogen and oxygen atoms in total. The van der Waals surface area contributed by atoms with E-state index in [1.165, 1.54) is 12.1 Å². The third-order valence-electron chi connectivity index (χ3n) is 5.36. The molecule has 0 spiro atoms. The van der Waals surface area contributed by atoms with Crippen molar-refractivity contribution in [3.8, 4) is 6.07 Å². The van der Waals surface area contributed by atoms with Crippen LogP contribution in [0.5, 0.6) is 0 Å². The van der Waals surface area contributed by atoms with Gasteiger partial charge >= 0.3 is 6.18 Å². The molecule has 8 heteroatoms. The van der Waals surface area contributed by atoms with Gasteiger partial charge in [-0.15, -0.1) is 0 Å². The Labute approximate surface area is 178 Å². The van der Waals surface area contributed by atoms with Crippen LogP contribution in [0.15, 0.2) is 42.5 Å². The molecule has 1 amide bonds. The van der Waals surface area contributed by atoms with Crippen molar-refractivity contribution in [1.82, 2.24) is 5.32 Å². The summed E-state index contributed by atoms with van der Waals surface area (Å²) >= 11 is 6.08. The Hall–Kier alpha value is -2.72. The molecule has 2 N–H and O–H groups in total. The first-order valence-corrected chi connectivity index (χ1v) is 10.0. The maximum Gasteiger partial charge on any atom is 0.416 e. The van der Waals surface area contributed by atoms with E-state index in [-0.39, 0.29) is 5.56 Å². The van der Waals surface area contributed by atoms with Gasteiger partial charge in [0.25, 0.3) is 5.91 Å². The minimum atomic E-state index is -4.50. The first kappa shape index (κ1) is 22.0. The Balaban J connectivity index is 1.76. The lowest BCUT2D eigenvalue weighted by Crippen LogP contribution is -2.54. The molecule has 0 saturated heterocycles. The lowest BCUT2D eigenvalue weighted by atomic mass is 9.81. The lowest BCUT2D eigenvalue weighted by Gasteiger charge is -2.38. The Morgan fingerprint density at radius 1 is 1.13 bits per heavy atom. The van der Waals surface area contributed by atoms with Crippen LogP contribution >= 0.6 is 11.6 Å². The highest BCUT2D eigenvalue weighted by molar-refractivity contribution is 6.32. The fourth-order valence-corrected chi connectivity index (χ4v) is 3.93. The standard InChI is InChI=1S/C22H21ClF3N3O/c23-19-12-18(8-7-16(19)13-27)28-14-21(9-2-1-3-10-21)29-20(30)15-5-4-6-17(11-15)22(24,25)26/h4-8,11-12,28H,1-3,9-10,14H2,(H,29,30). The van der Waals surface area contributed by atoms with Crippen molar-refractivity contribution >= 4 is 23.2 Å². The van der Waals surface area contributed by atoms with E-state index in [1.54, 1.807) is 18.2 Å². The topological polar surface area (TPSA) is 64.9 Å². The van der Waals surface area contributed by atoms with Crippen LogP contribution in [0.4, 0.5) is 18.9 Å². The van der Waals surface area contributed by atoms with Crippen LogP contribution in [-0.4, -0.2) is 18.0 Å². The van der Waals surface area contributed by atoms with Crippen LogP contribution in [0.25, 0.3) is 0 Å². The average Bonchev–Trinajstić information content (AvgIpc) is 2.72. The molecule has 0 aromatic heterocycles. The number of alkyl halides is 3. The van der Waals surface area contributed by atoms with Crippen LogP contribution < -0.4 is 10.6 Å². The Bertz CT molecular complexity index is 963. The van der Waals surface area contributed by atoms with Crippen molar-refractivity contribution in [2.45, 2.75) is 43.8 Å². The van der Waals surface area contributed by atoms with E-state index in [1.807, 2.05) is 6.07 Å². The molecule has 2 aromatic rings. The van der Waals surface area contributed by atoms with Gasteiger partial charge in [0.05, 0.1) is 21.7 Å². The summed E-state index contributed by atoms with van der Waals surface area (Å²) in [4.78, 5) is 12.8. The minimum Gasteiger partial charge on any atom is -0.383 e. The molecule has 30 heavy (non-hydrogen) atoms. The summed E-state index contributed by atoms with van der Waals surface area (Å²) < 4.78 is 39.0. The Morgan fingerprint density at radius 2 is 1.87 bits per heavy atom. The molecule has 0 heterocycles. The third-order valence-corrected chi connectivity index (χ3v) is 5.67. The number of hydrogen-bond donors (Lipinski definition) is 2.